The SMILES string of the molecule is CN(C)C(=O)[C@H](OC(=O)CCn1cnc2ccccc2c1=O)c1ccccc1. The van der Waals surface area contributed by atoms with Crippen LogP contribution in [0, 0.1) is 0 Å². The molecule has 3 rings (SSSR count). The minimum Gasteiger partial charge on any atom is -0.447 e. The maximum absolute atomic E-state index is 12.5. The number of esters is 1. The molecule has 0 bridgehead atoms. The van der Waals surface area contributed by atoms with E-state index in [1.54, 1.807) is 56.6 Å². The van der Waals surface area contributed by atoms with Crippen LogP contribution in [0.4, 0.5) is 0 Å². The van der Waals surface area contributed by atoms with E-state index in [2.05, 4.69) is 4.98 Å². The number of benzene rings is 2. The molecule has 2 aromatic carbocycles. The molecule has 144 valence electrons. The molecule has 0 aliphatic heterocycles. The van der Waals surface area contributed by atoms with Crippen LogP contribution in [0.25, 0.3) is 10.9 Å². The summed E-state index contributed by atoms with van der Waals surface area (Å²) in [5.74, 6) is -0.895. The van der Waals surface area contributed by atoms with Crippen molar-refractivity contribution in [3.05, 3.63) is 76.8 Å². The fourth-order valence-electron chi connectivity index (χ4n) is 2.79. The minimum absolute atomic E-state index is 0.0516. The van der Waals surface area contributed by atoms with Crippen LogP contribution in [0.3, 0.4) is 0 Å². The van der Waals surface area contributed by atoms with Crippen LogP contribution in [-0.4, -0.2) is 40.4 Å². The van der Waals surface area contributed by atoms with Crippen molar-refractivity contribution in [2.45, 2.75) is 19.1 Å². The number of likely N-dealkylation sites (N-methyl/N-ethyl adjacent to an activating group) is 1. The third-order valence-electron chi connectivity index (χ3n) is 4.31. The minimum atomic E-state index is -1.02. The Hall–Kier alpha value is -3.48. The first kappa shape index (κ1) is 19.3. The van der Waals surface area contributed by atoms with Crippen molar-refractivity contribution in [3.8, 4) is 0 Å². The van der Waals surface area contributed by atoms with Crippen LogP contribution < -0.4 is 5.56 Å². The molecule has 0 saturated heterocycles. The lowest BCUT2D eigenvalue weighted by Crippen LogP contribution is -2.31. The van der Waals surface area contributed by atoms with Gasteiger partial charge in [0.05, 0.1) is 23.7 Å². The summed E-state index contributed by atoms with van der Waals surface area (Å²) in [6.45, 7) is 0.118. The highest BCUT2D eigenvalue weighted by Crippen LogP contribution is 2.20. The largest absolute Gasteiger partial charge is 0.447 e. The predicted octanol–water partition coefficient (Wildman–Crippen LogP) is 2.16. The number of nitrogens with zero attached hydrogens (tertiary/aromatic N) is 3. The summed E-state index contributed by atoms with van der Waals surface area (Å²) in [4.78, 5) is 42.9. The zero-order chi connectivity index (χ0) is 20.1. The Balaban J connectivity index is 1.72. The monoisotopic (exact) mass is 379 g/mol. The Bertz CT molecular complexity index is 1040. The molecule has 3 aromatic rings. The highest BCUT2D eigenvalue weighted by Gasteiger charge is 2.26. The molecule has 0 unspecified atom stereocenters. The van der Waals surface area contributed by atoms with Crippen LogP contribution in [0.2, 0.25) is 0 Å². The lowest BCUT2D eigenvalue weighted by molar-refractivity contribution is -0.160. The molecule has 1 atom stereocenters. The van der Waals surface area contributed by atoms with E-state index in [0.717, 1.165) is 0 Å². The van der Waals surface area contributed by atoms with E-state index >= 15 is 0 Å². The third kappa shape index (κ3) is 4.25. The van der Waals surface area contributed by atoms with Crippen molar-refractivity contribution in [1.29, 1.82) is 0 Å². The molecule has 0 aliphatic carbocycles. The molecule has 7 heteroatoms. The van der Waals surface area contributed by atoms with Gasteiger partial charge in [-0.05, 0) is 12.1 Å². The van der Waals surface area contributed by atoms with Gasteiger partial charge in [0.15, 0.2) is 0 Å². The summed E-state index contributed by atoms with van der Waals surface area (Å²) in [5, 5.41) is 0.489. The van der Waals surface area contributed by atoms with Gasteiger partial charge in [0.25, 0.3) is 11.5 Å². The summed E-state index contributed by atoms with van der Waals surface area (Å²) < 4.78 is 6.81. The maximum Gasteiger partial charge on any atom is 0.308 e. The van der Waals surface area contributed by atoms with Crippen LogP contribution in [0.5, 0.6) is 0 Å². The van der Waals surface area contributed by atoms with Gasteiger partial charge in [-0.25, -0.2) is 4.98 Å². The van der Waals surface area contributed by atoms with E-state index in [1.807, 2.05) is 12.1 Å². The van der Waals surface area contributed by atoms with Gasteiger partial charge in [-0.3, -0.25) is 19.0 Å². The van der Waals surface area contributed by atoms with Crippen LogP contribution in [-0.2, 0) is 20.9 Å². The van der Waals surface area contributed by atoms with Gasteiger partial charge in [0, 0.05) is 26.2 Å². The fourth-order valence-corrected chi connectivity index (χ4v) is 2.79. The summed E-state index contributed by atoms with van der Waals surface area (Å²) >= 11 is 0. The summed E-state index contributed by atoms with van der Waals surface area (Å²) in [5.41, 5.74) is 0.980. The van der Waals surface area contributed by atoms with E-state index in [-0.39, 0.29) is 24.4 Å². The molecule has 7 nitrogen and oxygen atoms in total. The lowest BCUT2D eigenvalue weighted by Gasteiger charge is -2.21. The molecule has 0 aliphatic rings. The molecule has 0 spiro atoms. The number of carbonyl (C=O) groups is 2. The standard InChI is InChI=1S/C21H21N3O4/c1-23(2)21(27)19(15-8-4-3-5-9-15)28-18(25)12-13-24-14-22-17-11-7-6-10-16(17)20(24)26/h3-11,14,19H,12-13H2,1-2H3/t19-/m1/s1. The van der Waals surface area contributed by atoms with Gasteiger partial charge < -0.3 is 9.64 Å². The average molecular weight is 379 g/mol. The second kappa shape index (κ2) is 8.47. The highest BCUT2D eigenvalue weighted by molar-refractivity contribution is 5.84. The first-order valence-corrected chi connectivity index (χ1v) is 8.87. The highest BCUT2D eigenvalue weighted by atomic mass is 16.5. The van der Waals surface area contributed by atoms with Crippen molar-refractivity contribution >= 4 is 22.8 Å². The van der Waals surface area contributed by atoms with Crippen LogP contribution >= 0.6 is 0 Å². The summed E-state index contributed by atoms with van der Waals surface area (Å²) in [7, 11) is 3.21. The Labute approximate surface area is 162 Å². The maximum atomic E-state index is 12.5. The van der Waals surface area contributed by atoms with Gasteiger partial charge in [-0.1, -0.05) is 42.5 Å². The van der Waals surface area contributed by atoms with Gasteiger partial charge >= 0.3 is 5.97 Å². The first-order valence-electron chi connectivity index (χ1n) is 8.87. The number of hydrogen-bond acceptors (Lipinski definition) is 5. The van der Waals surface area contributed by atoms with E-state index in [4.69, 9.17) is 4.74 Å². The second-order valence-electron chi connectivity index (χ2n) is 6.52. The van der Waals surface area contributed by atoms with Gasteiger partial charge in [-0.2, -0.15) is 0 Å². The van der Waals surface area contributed by atoms with Gasteiger partial charge in [-0.15, -0.1) is 0 Å². The van der Waals surface area contributed by atoms with Gasteiger partial charge in [0.1, 0.15) is 0 Å². The number of hydrogen-bond donors (Lipinski definition) is 0. The zero-order valence-corrected chi connectivity index (χ0v) is 15.7. The fraction of sp³-hybridized carbons (Fsp3) is 0.238. The third-order valence-corrected chi connectivity index (χ3v) is 4.31. The molecule has 1 aromatic heterocycles. The number of amides is 1. The molecule has 0 N–H and O–H groups in total. The van der Waals surface area contributed by atoms with Gasteiger partial charge in [0.2, 0.25) is 6.10 Å². The van der Waals surface area contributed by atoms with Crippen molar-refractivity contribution in [3.63, 3.8) is 0 Å². The number of carbonyl (C=O) groups excluding carboxylic acids is 2. The number of para-hydroxylation sites is 1. The van der Waals surface area contributed by atoms with E-state index < -0.39 is 12.1 Å². The number of aryl methyl sites for hydroxylation is 1. The number of fused-ring (bicyclic) bond motifs is 1. The average Bonchev–Trinajstić information content (AvgIpc) is 2.72. The number of ether oxygens (including phenoxy) is 1. The van der Waals surface area contributed by atoms with E-state index in [9.17, 15) is 14.4 Å². The normalized spacial score (nSPS) is 11.8. The van der Waals surface area contributed by atoms with Crippen LogP contribution in [0.15, 0.2) is 65.7 Å². The summed E-state index contributed by atoms with van der Waals surface area (Å²) in [6, 6.07) is 15.9. The number of rotatable bonds is 6. The topological polar surface area (TPSA) is 81.5 Å². The van der Waals surface area contributed by atoms with Crippen LogP contribution in [0.1, 0.15) is 18.1 Å². The quantitative estimate of drug-likeness (QED) is 0.613. The molecule has 0 saturated carbocycles. The van der Waals surface area contributed by atoms with E-state index in [0.29, 0.717) is 16.5 Å². The van der Waals surface area contributed by atoms with Crippen molar-refractivity contribution in [2.24, 2.45) is 0 Å². The Morgan fingerprint density at radius 3 is 2.46 bits per heavy atom. The smallest absolute Gasteiger partial charge is 0.308 e. The van der Waals surface area contributed by atoms with Crippen molar-refractivity contribution in [2.75, 3.05) is 14.1 Å². The molecular formula is C21H21N3O4. The van der Waals surface area contributed by atoms with Crippen molar-refractivity contribution in [1.82, 2.24) is 14.5 Å². The molecule has 0 radical (unpaired) electrons. The Kier molecular flexibility index (Phi) is 5.84. The second-order valence-corrected chi connectivity index (χ2v) is 6.52. The molecule has 1 heterocycles. The summed E-state index contributed by atoms with van der Waals surface area (Å²) in [6.07, 6.45) is 0.344. The van der Waals surface area contributed by atoms with E-state index in [1.165, 1.54) is 15.8 Å². The predicted molar refractivity (Wildman–Crippen MR) is 105 cm³/mol. The Morgan fingerprint density at radius 1 is 1.07 bits per heavy atom. The molecule has 28 heavy (non-hydrogen) atoms. The zero-order valence-electron chi connectivity index (χ0n) is 15.7. The first-order chi connectivity index (χ1) is 13.5. The molecule has 1 amide bonds. The van der Waals surface area contributed by atoms with Crippen molar-refractivity contribution < 1.29 is 14.3 Å². The molecule has 0 fully saturated rings. The lowest BCUT2D eigenvalue weighted by atomic mass is 10.1. The Morgan fingerprint density at radius 2 is 1.75 bits per heavy atom. The molecular weight excluding hydrogens is 358 g/mol. The number of aromatic nitrogens is 2.